The fourth-order valence-electron chi connectivity index (χ4n) is 3.57. The second-order valence-corrected chi connectivity index (χ2v) is 6.15. The first-order chi connectivity index (χ1) is 10.7. The van der Waals surface area contributed by atoms with Crippen molar-refractivity contribution in [3.8, 4) is 0 Å². The summed E-state index contributed by atoms with van der Waals surface area (Å²) in [7, 11) is -1.48. The maximum atomic E-state index is 9.76. The highest BCUT2D eigenvalue weighted by Gasteiger charge is 2.36. The molecule has 3 aliphatic rings. The van der Waals surface area contributed by atoms with Crippen molar-refractivity contribution in [3.05, 3.63) is 82.5 Å². The number of halogens is 1. The summed E-state index contributed by atoms with van der Waals surface area (Å²) in [5.41, 5.74) is 4.68. The maximum Gasteiger partial charge on any atom is 0.488 e. The van der Waals surface area contributed by atoms with E-state index >= 15 is 0 Å². The lowest BCUT2D eigenvalue weighted by molar-refractivity contribution is 0.426. The van der Waals surface area contributed by atoms with Crippen LogP contribution in [0.5, 0.6) is 0 Å². The van der Waals surface area contributed by atoms with Crippen molar-refractivity contribution in [2.24, 2.45) is 11.8 Å². The van der Waals surface area contributed by atoms with Gasteiger partial charge in [-0.05, 0) is 33.8 Å². The van der Waals surface area contributed by atoms with Crippen molar-refractivity contribution in [1.29, 1.82) is 0 Å². The molecule has 2 N–H and O–H groups in total. The van der Waals surface area contributed by atoms with Crippen molar-refractivity contribution in [2.45, 2.75) is 0 Å². The molecule has 0 aliphatic heterocycles. The lowest BCUT2D eigenvalue weighted by Crippen LogP contribution is -2.26. The molecular formula is C18H14BClO2. The SMILES string of the molecule is OB(O)C1=CC2C(=CC(Cl)=C3C=CC=CC32)c2ccccc21. The van der Waals surface area contributed by atoms with Crippen LogP contribution in [0.25, 0.3) is 11.0 Å². The third-order valence-corrected chi connectivity index (χ3v) is 4.88. The van der Waals surface area contributed by atoms with Gasteiger partial charge in [-0.15, -0.1) is 0 Å². The molecule has 0 amide bonds. The minimum Gasteiger partial charge on any atom is -0.423 e. The van der Waals surface area contributed by atoms with Crippen LogP contribution in [-0.4, -0.2) is 17.2 Å². The number of hydrogen-bond donors (Lipinski definition) is 2. The molecule has 2 unspecified atom stereocenters. The van der Waals surface area contributed by atoms with Gasteiger partial charge >= 0.3 is 7.12 Å². The van der Waals surface area contributed by atoms with Gasteiger partial charge in [-0.2, -0.15) is 0 Å². The normalized spacial score (nSPS) is 25.0. The van der Waals surface area contributed by atoms with Crippen molar-refractivity contribution in [1.82, 2.24) is 0 Å². The number of fused-ring (bicyclic) bond motifs is 5. The first-order valence-electron chi connectivity index (χ1n) is 7.30. The standard InChI is InChI=1S/C18H14BClO2/c20-18-10-16-11-5-1-3-7-13(11)17(19(21)22)9-15(16)12-6-2-4-8-14(12)18/h1-10,12,15,21-22H. The summed E-state index contributed by atoms with van der Waals surface area (Å²) in [6, 6.07) is 7.81. The number of allylic oxidation sites excluding steroid dienone is 9. The van der Waals surface area contributed by atoms with Crippen molar-refractivity contribution in [3.63, 3.8) is 0 Å². The average molecular weight is 309 g/mol. The summed E-state index contributed by atoms with van der Waals surface area (Å²) in [5, 5.41) is 20.3. The topological polar surface area (TPSA) is 40.5 Å². The molecule has 108 valence electrons. The molecule has 2 atom stereocenters. The second-order valence-electron chi connectivity index (χ2n) is 5.74. The van der Waals surface area contributed by atoms with Crippen LogP contribution in [-0.2, 0) is 0 Å². The van der Waals surface area contributed by atoms with Crippen LogP contribution >= 0.6 is 11.6 Å². The van der Waals surface area contributed by atoms with Crippen molar-refractivity contribution in [2.75, 3.05) is 0 Å². The molecule has 3 aliphatic carbocycles. The van der Waals surface area contributed by atoms with Crippen LogP contribution in [0, 0.1) is 11.8 Å². The smallest absolute Gasteiger partial charge is 0.423 e. The molecule has 1 aromatic rings. The van der Waals surface area contributed by atoms with E-state index in [2.05, 4.69) is 6.08 Å². The van der Waals surface area contributed by atoms with Gasteiger partial charge in [0.15, 0.2) is 0 Å². The first kappa shape index (κ1) is 13.8. The molecule has 0 heterocycles. The number of hydrogen-bond acceptors (Lipinski definition) is 2. The molecule has 4 heteroatoms. The van der Waals surface area contributed by atoms with E-state index < -0.39 is 7.12 Å². The van der Waals surface area contributed by atoms with Gasteiger partial charge in [-0.3, -0.25) is 0 Å². The van der Waals surface area contributed by atoms with E-state index in [9.17, 15) is 10.0 Å². The van der Waals surface area contributed by atoms with E-state index in [4.69, 9.17) is 11.6 Å². The van der Waals surface area contributed by atoms with Gasteiger partial charge < -0.3 is 10.0 Å². The fourth-order valence-corrected chi connectivity index (χ4v) is 3.87. The van der Waals surface area contributed by atoms with Crippen molar-refractivity contribution >= 4 is 29.8 Å². The third kappa shape index (κ3) is 1.97. The Balaban J connectivity index is 1.97. The van der Waals surface area contributed by atoms with Crippen LogP contribution in [0.1, 0.15) is 11.1 Å². The average Bonchev–Trinajstić information content (AvgIpc) is 2.54. The zero-order valence-electron chi connectivity index (χ0n) is 11.8. The van der Waals surface area contributed by atoms with Crippen LogP contribution in [0.3, 0.4) is 0 Å². The molecule has 0 saturated carbocycles. The lowest BCUT2D eigenvalue weighted by Gasteiger charge is -2.36. The Kier molecular flexibility index (Phi) is 3.23. The number of rotatable bonds is 1. The molecule has 0 bridgehead atoms. The van der Waals surface area contributed by atoms with Gasteiger partial charge in [0.1, 0.15) is 0 Å². The largest absolute Gasteiger partial charge is 0.488 e. The minimum atomic E-state index is -1.48. The van der Waals surface area contributed by atoms with Crippen LogP contribution in [0.15, 0.2) is 71.3 Å². The van der Waals surface area contributed by atoms with Crippen molar-refractivity contribution < 1.29 is 10.0 Å². The molecule has 0 aromatic heterocycles. The molecule has 0 spiro atoms. The summed E-state index contributed by atoms with van der Waals surface area (Å²) in [6.07, 6.45) is 12.1. The second kappa shape index (κ2) is 5.13. The molecule has 0 saturated heterocycles. The highest BCUT2D eigenvalue weighted by molar-refractivity contribution is 6.66. The summed E-state index contributed by atoms with van der Waals surface area (Å²) < 4.78 is 0. The summed E-state index contributed by atoms with van der Waals surface area (Å²) in [4.78, 5) is 0. The molecular weight excluding hydrogens is 294 g/mol. The molecule has 4 rings (SSSR count). The quantitative estimate of drug-likeness (QED) is 0.781. The maximum absolute atomic E-state index is 9.76. The fraction of sp³-hybridized carbons (Fsp3) is 0.111. The molecule has 0 radical (unpaired) electrons. The predicted molar refractivity (Wildman–Crippen MR) is 90.7 cm³/mol. The van der Waals surface area contributed by atoms with E-state index in [1.807, 2.05) is 54.6 Å². The molecule has 2 nitrogen and oxygen atoms in total. The summed E-state index contributed by atoms with van der Waals surface area (Å²) >= 11 is 6.47. The van der Waals surface area contributed by atoms with Crippen LogP contribution < -0.4 is 0 Å². The first-order valence-corrected chi connectivity index (χ1v) is 7.68. The van der Waals surface area contributed by atoms with E-state index in [0.717, 1.165) is 27.3 Å². The lowest BCUT2D eigenvalue weighted by atomic mass is 9.62. The molecule has 0 fully saturated rings. The number of benzene rings is 1. The van der Waals surface area contributed by atoms with E-state index in [-0.39, 0.29) is 11.8 Å². The zero-order valence-corrected chi connectivity index (χ0v) is 12.5. The predicted octanol–water partition coefficient (Wildman–Crippen LogP) is 3.34. The monoisotopic (exact) mass is 308 g/mol. The Morgan fingerprint density at radius 3 is 2.55 bits per heavy atom. The Morgan fingerprint density at radius 2 is 1.77 bits per heavy atom. The van der Waals surface area contributed by atoms with E-state index in [1.165, 1.54) is 0 Å². The van der Waals surface area contributed by atoms with Gasteiger partial charge in [0.2, 0.25) is 0 Å². The Morgan fingerprint density at radius 1 is 1.00 bits per heavy atom. The highest BCUT2D eigenvalue weighted by atomic mass is 35.5. The van der Waals surface area contributed by atoms with E-state index in [1.54, 1.807) is 0 Å². The zero-order chi connectivity index (χ0) is 15.3. The summed E-state index contributed by atoms with van der Waals surface area (Å²) in [5.74, 6) is 0.213. The van der Waals surface area contributed by atoms with Gasteiger partial charge in [0.05, 0.1) is 0 Å². The van der Waals surface area contributed by atoms with Gasteiger partial charge in [-0.25, -0.2) is 0 Å². The van der Waals surface area contributed by atoms with Gasteiger partial charge in [-0.1, -0.05) is 66.2 Å². The van der Waals surface area contributed by atoms with Gasteiger partial charge in [0.25, 0.3) is 0 Å². The Hall–Kier alpha value is -1.81. The highest BCUT2D eigenvalue weighted by Crippen LogP contribution is 2.48. The van der Waals surface area contributed by atoms with Gasteiger partial charge in [0, 0.05) is 16.9 Å². The Bertz CT molecular complexity index is 799. The summed E-state index contributed by atoms with van der Waals surface area (Å²) in [6.45, 7) is 0. The molecule has 22 heavy (non-hydrogen) atoms. The van der Waals surface area contributed by atoms with E-state index in [0.29, 0.717) is 5.47 Å². The van der Waals surface area contributed by atoms with Crippen LogP contribution in [0.4, 0.5) is 0 Å². The molecule has 1 aromatic carbocycles. The minimum absolute atomic E-state index is 0.0744. The Labute approximate surface area is 134 Å². The third-order valence-electron chi connectivity index (χ3n) is 4.55. The van der Waals surface area contributed by atoms with Crippen LogP contribution in [0.2, 0.25) is 0 Å².